The zero-order chi connectivity index (χ0) is 13.9. The van der Waals surface area contributed by atoms with Crippen LogP contribution in [0.5, 0.6) is 0 Å². The van der Waals surface area contributed by atoms with Crippen molar-refractivity contribution in [2.75, 3.05) is 0 Å². The predicted molar refractivity (Wildman–Crippen MR) is 64.2 cm³/mol. The molecular formula is C11H18N4O3. The second-order valence-electron chi connectivity index (χ2n) is 4.59. The molecule has 7 nitrogen and oxygen atoms in total. The standard InChI is InChI=1S/C11H18N4O3/c1-5(2)8-13-9(15-14-8)10(16)12-7(4)6(3)11(17)18/h5-7H,1-4H3,(H,12,16)(H,17,18)(H,13,14,15). The Morgan fingerprint density at radius 1 is 1.28 bits per heavy atom. The van der Waals surface area contributed by atoms with Crippen LogP contribution in [-0.2, 0) is 4.79 Å². The van der Waals surface area contributed by atoms with Crippen LogP contribution in [0.3, 0.4) is 0 Å². The Bertz CT molecular complexity index is 441. The molecule has 0 aliphatic carbocycles. The van der Waals surface area contributed by atoms with E-state index in [2.05, 4.69) is 20.5 Å². The maximum Gasteiger partial charge on any atom is 0.308 e. The van der Waals surface area contributed by atoms with Crippen molar-refractivity contribution < 1.29 is 14.7 Å². The van der Waals surface area contributed by atoms with Crippen molar-refractivity contribution in [3.8, 4) is 0 Å². The lowest BCUT2D eigenvalue weighted by atomic mass is 10.0. The van der Waals surface area contributed by atoms with Gasteiger partial charge in [0.1, 0.15) is 5.82 Å². The molecule has 1 heterocycles. The van der Waals surface area contributed by atoms with Gasteiger partial charge in [-0.25, -0.2) is 4.98 Å². The number of carboxylic acid groups (broad SMARTS) is 1. The minimum absolute atomic E-state index is 0.0307. The molecule has 1 aromatic rings. The number of aromatic nitrogens is 3. The Labute approximate surface area is 105 Å². The molecule has 2 unspecified atom stereocenters. The van der Waals surface area contributed by atoms with E-state index >= 15 is 0 Å². The zero-order valence-electron chi connectivity index (χ0n) is 10.9. The summed E-state index contributed by atoms with van der Waals surface area (Å²) in [6.07, 6.45) is 0. The molecule has 1 aromatic heterocycles. The number of nitrogens with zero attached hydrogens (tertiary/aromatic N) is 2. The summed E-state index contributed by atoms with van der Waals surface area (Å²) < 4.78 is 0. The van der Waals surface area contributed by atoms with E-state index in [4.69, 9.17) is 5.11 Å². The topological polar surface area (TPSA) is 108 Å². The zero-order valence-corrected chi connectivity index (χ0v) is 10.9. The summed E-state index contributed by atoms with van der Waals surface area (Å²) in [5, 5.41) is 17.9. The van der Waals surface area contributed by atoms with Crippen LogP contribution in [0, 0.1) is 5.92 Å². The number of hydrogen-bond acceptors (Lipinski definition) is 4. The first-order chi connectivity index (χ1) is 8.32. The highest BCUT2D eigenvalue weighted by atomic mass is 16.4. The fourth-order valence-corrected chi connectivity index (χ4v) is 1.24. The fraction of sp³-hybridized carbons (Fsp3) is 0.636. The van der Waals surface area contributed by atoms with E-state index in [9.17, 15) is 9.59 Å². The number of nitrogens with one attached hydrogen (secondary N) is 2. The lowest BCUT2D eigenvalue weighted by Crippen LogP contribution is -2.40. The summed E-state index contributed by atoms with van der Waals surface area (Å²) in [6, 6.07) is -0.490. The molecule has 100 valence electrons. The van der Waals surface area contributed by atoms with Crippen LogP contribution in [0.4, 0.5) is 0 Å². The van der Waals surface area contributed by atoms with Gasteiger partial charge < -0.3 is 10.4 Å². The van der Waals surface area contributed by atoms with Crippen molar-refractivity contribution in [2.24, 2.45) is 5.92 Å². The normalized spacial score (nSPS) is 14.3. The summed E-state index contributed by atoms with van der Waals surface area (Å²) in [4.78, 5) is 26.6. The second-order valence-corrected chi connectivity index (χ2v) is 4.59. The van der Waals surface area contributed by atoms with Gasteiger partial charge in [-0.15, -0.1) is 5.10 Å². The molecule has 18 heavy (non-hydrogen) atoms. The third-order valence-corrected chi connectivity index (χ3v) is 2.75. The third-order valence-electron chi connectivity index (χ3n) is 2.75. The number of hydrogen-bond donors (Lipinski definition) is 3. The van der Waals surface area contributed by atoms with E-state index in [-0.39, 0.29) is 11.7 Å². The molecule has 1 amide bonds. The van der Waals surface area contributed by atoms with Crippen LogP contribution in [0.25, 0.3) is 0 Å². The van der Waals surface area contributed by atoms with E-state index in [1.807, 2.05) is 13.8 Å². The Hall–Kier alpha value is -1.92. The molecule has 0 fully saturated rings. The average Bonchev–Trinajstić information content (AvgIpc) is 2.76. The molecule has 0 radical (unpaired) electrons. The van der Waals surface area contributed by atoms with Gasteiger partial charge in [0.05, 0.1) is 5.92 Å². The number of aromatic amines is 1. The monoisotopic (exact) mass is 254 g/mol. The number of carboxylic acids is 1. The highest BCUT2D eigenvalue weighted by Gasteiger charge is 2.23. The van der Waals surface area contributed by atoms with Crippen LogP contribution in [-0.4, -0.2) is 38.2 Å². The fourth-order valence-electron chi connectivity index (χ4n) is 1.24. The van der Waals surface area contributed by atoms with Gasteiger partial charge in [-0.1, -0.05) is 13.8 Å². The maximum absolute atomic E-state index is 11.8. The number of rotatable bonds is 5. The molecular weight excluding hydrogens is 236 g/mol. The summed E-state index contributed by atoms with van der Waals surface area (Å²) in [5.74, 6) is -1.30. The number of carbonyl (C=O) groups excluding carboxylic acids is 1. The van der Waals surface area contributed by atoms with E-state index in [1.54, 1.807) is 6.92 Å². The van der Waals surface area contributed by atoms with Crippen LogP contribution >= 0.6 is 0 Å². The number of H-pyrrole nitrogens is 1. The molecule has 0 saturated carbocycles. The van der Waals surface area contributed by atoms with Crippen LogP contribution in [0.15, 0.2) is 0 Å². The summed E-state index contributed by atoms with van der Waals surface area (Å²) in [6.45, 7) is 7.02. The largest absolute Gasteiger partial charge is 0.481 e. The smallest absolute Gasteiger partial charge is 0.308 e. The second kappa shape index (κ2) is 5.61. The predicted octanol–water partition coefficient (Wildman–Crippen LogP) is 0.767. The SMILES string of the molecule is CC(C)c1nc(C(=O)NC(C)C(C)C(=O)O)n[nH]1. The Morgan fingerprint density at radius 3 is 2.33 bits per heavy atom. The van der Waals surface area contributed by atoms with Crippen molar-refractivity contribution in [2.45, 2.75) is 39.7 Å². The summed E-state index contributed by atoms with van der Waals surface area (Å²) in [5.41, 5.74) is 0. The first-order valence-corrected chi connectivity index (χ1v) is 5.79. The number of aliphatic carboxylic acids is 1. The van der Waals surface area contributed by atoms with Crippen molar-refractivity contribution in [3.05, 3.63) is 11.6 Å². The maximum atomic E-state index is 11.8. The van der Waals surface area contributed by atoms with Gasteiger partial charge in [-0.05, 0) is 13.8 Å². The Balaban J connectivity index is 2.67. The molecule has 0 saturated heterocycles. The van der Waals surface area contributed by atoms with Crippen LogP contribution < -0.4 is 5.32 Å². The molecule has 0 aliphatic heterocycles. The molecule has 0 aromatic carbocycles. The first kappa shape index (κ1) is 14.1. The lowest BCUT2D eigenvalue weighted by molar-refractivity contribution is -0.141. The minimum atomic E-state index is -0.958. The molecule has 2 atom stereocenters. The van der Waals surface area contributed by atoms with Gasteiger partial charge >= 0.3 is 5.97 Å². The van der Waals surface area contributed by atoms with Gasteiger partial charge in [0.25, 0.3) is 5.91 Å². The summed E-state index contributed by atoms with van der Waals surface area (Å²) in [7, 11) is 0. The Morgan fingerprint density at radius 2 is 1.89 bits per heavy atom. The van der Waals surface area contributed by atoms with E-state index in [0.717, 1.165) is 0 Å². The lowest BCUT2D eigenvalue weighted by Gasteiger charge is -2.16. The van der Waals surface area contributed by atoms with Crippen molar-refractivity contribution in [1.29, 1.82) is 0 Å². The van der Waals surface area contributed by atoms with Gasteiger partial charge in [-0.2, -0.15) is 0 Å². The molecule has 1 rings (SSSR count). The van der Waals surface area contributed by atoms with Crippen molar-refractivity contribution >= 4 is 11.9 Å². The minimum Gasteiger partial charge on any atom is -0.481 e. The molecule has 0 bridgehead atoms. The van der Waals surface area contributed by atoms with E-state index in [1.165, 1.54) is 6.92 Å². The van der Waals surface area contributed by atoms with Gasteiger partial charge in [-0.3, -0.25) is 14.7 Å². The first-order valence-electron chi connectivity index (χ1n) is 5.79. The number of amides is 1. The third kappa shape index (κ3) is 3.28. The molecule has 0 aliphatic rings. The van der Waals surface area contributed by atoms with Gasteiger partial charge in [0.2, 0.25) is 5.82 Å². The highest BCUT2D eigenvalue weighted by Crippen LogP contribution is 2.08. The van der Waals surface area contributed by atoms with Crippen molar-refractivity contribution in [3.63, 3.8) is 0 Å². The van der Waals surface area contributed by atoms with Crippen LogP contribution in [0.1, 0.15) is 50.1 Å². The highest BCUT2D eigenvalue weighted by molar-refractivity contribution is 5.90. The number of carbonyl (C=O) groups is 2. The van der Waals surface area contributed by atoms with Crippen molar-refractivity contribution in [1.82, 2.24) is 20.5 Å². The quantitative estimate of drug-likeness (QED) is 0.719. The van der Waals surface area contributed by atoms with E-state index < -0.39 is 23.8 Å². The molecule has 0 spiro atoms. The molecule has 7 heteroatoms. The molecule has 3 N–H and O–H groups in total. The Kier molecular flexibility index (Phi) is 4.41. The summed E-state index contributed by atoms with van der Waals surface area (Å²) >= 11 is 0. The average molecular weight is 254 g/mol. The van der Waals surface area contributed by atoms with E-state index in [0.29, 0.717) is 5.82 Å². The van der Waals surface area contributed by atoms with Gasteiger partial charge in [0, 0.05) is 12.0 Å². The van der Waals surface area contributed by atoms with Gasteiger partial charge in [0.15, 0.2) is 0 Å². The van der Waals surface area contributed by atoms with Crippen LogP contribution in [0.2, 0.25) is 0 Å².